The topological polar surface area (TPSA) is 69.5 Å². The number of carbonyl (C=O) groups is 1. The summed E-state index contributed by atoms with van der Waals surface area (Å²) in [6.45, 7) is 9.58. The molecule has 2 unspecified atom stereocenters. The van der Waals surface area contributed by atoms with Crippen LogP contribution in [0.15, 0.2) is 53.7 Å². The number of carbonyl (C=O) groups excluding carboxylic acids is 1. The number of hydrogen-bond donors (Lipinski definition) is 0. The summed E-state index contributed by atoms with van der Waals surface area (Å²) in [6, 6.07) is 16.1. The molecule has 1 aromatic heterocycles. The Bertz CT molecular complexity index is 1120. The zero-order valence-corrected chi connectivity index (χ0v) is 21.2. The minimum absolute atomic E-state index is 0.0425. The number of ether oxygens (including phenoxy) is 2. The fourth-order valence-corrected chi connectivity index (χ4v) is 5.13. The fourth-order valence-electron chi connectivity index (χ4n) is 4.29. The molecule has 2 atom stereocenters. The van der Waals surface area contributed by atoms with Crippen molar-refractivity contribution in [2.75, 3.05) is 26.0 Å². The van der Waals surface area contributed by atoms with E-state index in [0.29, 0.717) is 29.9 Å². The molecular formula is C26H32N4O3S. The van der Waals surface area contributed by atoms with Crippen molar-refractivity contribution in [2.45, 2.75) is 51.0 Å². The second-order valence-corrected chi connectivity index (χ2v) is 9.87. The van der Waals surface area contributed by atoms with Gasteiger partial charge in [-0.1, -0.05) is 43.8 Å². The molecule has 0 spiro atoms. The Kier molecular flexibility index (Phi) is 7.58. The molecule has 7 nitrogen and oxygen atoms in total. The smallest absolute Gasteiger partial charge is 0.233 e. The predicted molar refractivity (Wildman–Crippen MR) is 135 cm³/mol. The van der Waals surface area contributed by atoms with Crippen LogP contribution in [0.4, 0.5) is 0 Å². The maximum atomic E-state index is 13.0. The van der Waals surface area contributed by atoms with Crippen LogP contribution in [0, 0.1) is 0 Å². The number of thioether (sulfide) groups is 1. The number of amides is 1. The number of hydrogen-bond acceptors (Lipinski definition) is 6. The molecule has 34 heavy (non-hydrogen) atoms. The molecule has 4 rings (SSSR count). The van der Waals surface area contributed by atoms with E-state index in [2.05, 4.69) is 40.7 Å². The van der Waals surface area contributed by atoms with Gasteiger partial charge in [0, 0.05) is 18.7 Å². The molecule has 0 radical (unpaired) electrons. The molecule has 1 amide bonds. The van der Waals surface area contributed by atoms with Crippen LogP contribution in [0.3, 0.4) is 0 Å². The van der Waals surface area contributed by atoms with Gasteiger partial charge in [-0.2, -0.15) is 0 Å². The lowest BCUT2D eigenvalue weighted by Gasteiger charge is -2.35. The van der Waals surface area contributed by atoms with Crippen molar-refractivity contribution in [2.24, 2.45) is 0 Å². The highest BCUT2D eigenvalue weighted by molar-refractivity contribution is 7.99. The van der Waals surface area contributed by atoms with E-state index >= 15 is 0 Å². The molecule has 1 aliphatic heterocycles. The second kappa shape index (κ2) is 10.6. The average Bonchev–Trinajstić information content (AvgIpc) is 3.25. The molecule has 0 N–H and O–H groups in total. The lowest BCUT2D eigenvalue weighted by atomic mass is 10.0. The second-order valence-electron chi connectivity index (χ2n) is 8.93. The SMILES string of the molecule is COc1ccc(-c2nnc(SCC(=O)N3CC(C)OC(C)C3)n2-c2ccccc2C(C)C)cc1. The van der Waals surface area contributed by atoms with Crippen LogP contribution in [0.1, 0.15) is 39.2 Å². The van der Waals surface area contributed by atoms with E-state index in [9.17, 15) is 4.79 Å². The van der Waals surface area contributed by atoms with Gasteiger partial charge in [0.05, 0.1) is 30.8 Å². The normalized spacial score (nSPS) is 18.4. The number of methoxy groups -OCH3 is 1. The van der Waals surface area contributed by atoms with Crippen LogP contribution in [-0.2, 0) is 9.53 Å². The van der Waals surface area contributed by atoms with Gasteiger partial charge in [-0.05, 0) is 55.7 Å². The summed E-state index contributed by atoms with van der Waals surface area (Å²) in [5.41, 5.74) is 3.15. The Morgan fingerprint density at radius 3 is 2.41 bits per heavy atom. The molecule has 3 aromatic rings. The largest absolute Gasteiger partial charge is 0.497 e. The van der Waals surface area contributed by atoms with Crippen LogP contribution < -0.4 is 4.74 Å². The Morgan fingerprint density at radius 2 is 1.76 bits per heavy atom. The van der Waals surface area contributed by atoms with Crippen molar-refractivity contribution in [1.82, 2.24) is 19.7 Å². The lowest BCUT2D eigenvalue weighted by molar-refractivity contribution is -0.140. The summed E-state index contributed by atoms with van der Waals surface area (Å²) < 4.78 is 13.2. The predicted octanol–water partition coefficient (Wildman–Crippen LogP) is 4.79. The number of benzene rings is 2. The van der Waals surface area contributed by atoms with Crippen LogP contribution in [0.2, 0.25) is 0 Å². The van der Waals surface area contributed by atoms with Crippen molar-refractivity contribution in [1.29, 1.82) is 0 Å². The quantitative estimate of drug-likeness (QED) is 0.453. The Labute approximate surface area is 205 Å². The van der Waals surface area contributed by atoms with Crippen molar-refractivity contribution in [3.05, 3.63) is 54.1 Å². The van der Waals surface area contributed by atoms with Gasteiger partial charge < -0.3 is 14.4 Å². The first-order valence-electron chi connectivity index (χ1n) is 11.6. The van der Waals surface area contributed by atoms with Gasteiger partial charge in [0.25, 0.3) is 0 Å². The highest BCUT2D eigenvalue weighted by Gasteiger charge is 2.27. The first-order chi connectivity index (χ1) is 16.4. The summed E-state index contributed by atoms with van der Waals surface area (Å²) in [6.07, 6.45) is 0.0851. The lowest BCUT2D eigenvalue weighted by Crippen LogP contribution is -2.48. The molecule has 0 aliphatic carbocycles. The fraction of sp³-hybridized carbons (Fsp3) is 0.423. The average molecular weight is 481 g/mol. The van der Waals surface area contributed by atoms with Crippen molar-refractivity contribution < 1.29 is 14.3 Å². The molecular weight excluding hydrogens is 448 g/mol. The van der Waals surface area contributed by atoms with Gasteiger partial charge in [-0.25, -0.2) is 0 Å². The van der Waals surface area contributed by atoms with Crippen LogP contribution in [0.25, 0.3) is 17.1 Å². The highest BCUT2D eigenvalue weighted by Crippen LogP contribution is 2.33. The van der Waals surface area contributed by atoms with E-state index in [1.165, 1.54) is 17.3 Å². The van der Waals surface area contributed by atoms with Crippen molar-refractivity contribution in [3.63, 3.8) is 0 Å². The first-order valence-corrected chi connectivity index (χ1v) is 12.6. The van der Waals surface area contributed by atoms with Gasteiger partial charge in [-0.3, -0.25) is 9.36 Å². The van der Waals surface area contributed by atoms with Crippen LogP contribution in [-0.4, -0.2) is 63.7 Å². The Hall–Kier alpha value is -2.84. The van der Waals surface area contributed by atoms with E-state index in [-0.39, 0.29) is 18.1 Å². The van der Waals surface area contributed by atoms with Crippen LogP contribution >= 0.6 is 11.8 Å². The summed E-state index contributed by atoms with van der Waals surface area (Å²) in [5.74, 6) is 2.22. The molecule has 1 aliphatic rings. The van der Waals surface area contributed by atoms with Crippen LogP contribution in [0.5, 0.6) is 5.75 Å². The van der Waals surface area contributed by atoms with Crippen molar-refractivity contribution >= 4 is 17.7 Å². The van der Waals surface area contributed by atoms with Gasteiger partial charge in [-0.15, -0.1) is 10.2 Å². The number of morpholine rings is 1. The molecule has 180 valence electrons. The summed E-state index contributed by atoms with van der Waals surface area (Å²) in [4.78, 5) is 14.9. The molecule has 1 fully saturated rings. The minimum Gasteiger partial charge on any atom is -0.497 e. The third kappa shape index (κ3) is 5.28. The maximum Gasteiger partial charge on any atom is 0.233 e. The molecule has 0 saturated carbocycles. The monoisotopic (exact) mass is 480 g/mol. The zero-order chi connectivity index (χ0) is 24.2. The third-order valence-electron chi connectivity index (χ3n) is 5.88. The van der Waals surface area contributed by atoms with Gasteiger partial charge >= 0.3 is 0 Å². The molecule has 2 aromatic carbocycles. The Morgan fingerprint density at radius 1 is 1.09 bits per heavy atom. The van der Waals surface area contributed by atoms with Gasteiger partial charge in [0.15, 0.2) is 11.0 Å². The summed E-state index contributed by atoms with van der Waals surface area (Å²) >= 11 is 1.42. The maximum absolute atomic E-state index is 13.0. The third-order valence-corrected chi connectivity index (χ3v) is 6.79. The van der Waals surface area contributed by atoms with E-state index < -0.39 is 0 Å². The zero-order valence-electron chi connectivity index (χ0n) is 20.4. The molecule has 1 saturated heterocycles. The summed E-state index contributed by atoms with van der Waals surface area (Å²) in [5, 5.41) is 9.74. The highest BCUT2D eigenvalue weighted by atomic mass is 32.2. The Balaban J connectivity index is 1.67. The van der Waals surface area contributed by atoms with Crippen molar-refractivity contribution in [3.8, 4) is 22.8 Å². The summed E-state index contributed by atoms with van der Waals surface area (Å²) in [7, 11) is 1.65. The standard InChI is InChI=1S/C26H32N4O3S/c1-17(2)22-8-6-7-9-23(22)30-25(20-10-12-21(32-5)13-11-20)27-28-26(30)34-16-24(31)29-14-18(3)33-19(4)15-29/h6-13,17-19H,14-16H2,1-5H3. The van der Waals surface area contributed by atoms with E-state index in [0.717, 1.165) is 22.8 Å². The number of nitrogens with zero attached hydrogens (tertiary/aromatic N) is 4. The number of rotatable bonds is 7. The first kappa shape index (κ1) is 24.3. The van der Waals surface area contributed by atoms with Gasteiger partial charge in [0.1, 0.15) is 5.75 Å². The molecule has 0 bridgehead atoms. The minimum atomic E-state index is 0.0425. The van der Waals surface area contributed by atoms with E-state index in [1.54, 1.807) is 7.11 Å². The number of para-hydroxylation sites is 1. The number of aromatic nitrogens is 3. The molecule has 2 heterocycles. The van der Waals surface area contributed by atoms with E-state index in [4.69, 9.17) is 9.47 Å². The van der Waals surface area contributed by atoms with Gasteiger partial charge in [0.2, 0.25) is 5.91 Å². The molecule has 8 heteroatoms. The van der Waals surface area contributed by atoms with E-state index in [1.807, 2.05) is 55.1 Å².